The highest BCUT2D eigenvalue weighted by molar-refractivity contribution is 5.90. The molecule has 3 aliphatic heterocycles. The van der Waals surface area contributed by atoms with Crippen LogP contribution in [0.5, 0.6) is 0 Å². The summed E-state index contributed by atoms with van der Waals surface area (Å²) in [4.78, 5) is 62.7. The lowest BCUT2D eigenvalue weighted by Crippen LogP contribution is -2.62. The van der Waals surface area contributed by atoms with Crippen LogP contribution in [0.15, 0.2) is 67.0 Å². The number of carbonyl (C=O) groups is 4. The van der Waals surface area contributed by atoms with Gasteiger partial charge in [0.05, 0.1) is 42.5 Å². The molecule has 0 spiro atoms. The number of aliphatic hydroxyl groups is 1. The van der Waals surface area contributed by atoms with E-state index in [4.69, 9.17) is 9.72 Å². The Kier molecular flexibility index (Phi) is 17.1. The van der Waals surface area contributed by atoms with Crippen molar-refractivity contribution in [3.8, 4) is 23.1 Å². The van der Waals surface area contributed by atoms with Crippen LogP contribution in [-0.2, 0) is 32.1 Å². The molecule has 6 N–H and O–H groups in total. The van der Waals surface area contributed by atoms with Gasteiger partial charge in [-0.25, -0.2) is 28.3 Å². The lowest BCUT2D eigenvalue weighted by atomic mass is 9.82. The first kappa shape index (κ1) is 57.4. The number of amides is 4. The average molecular weight is 1100 g/mol. The van der Waals surface area contributed by atoms with Crippen molar-refractivity contribution in [3.63, 3.8) is 0 Å². The number of hydrogen-bond acceptors (Lipinski definition) is 11. The monoisotopic (exact) mass is 1100 g/mol. The van der Waals surface area contributed by atoms with Crippen LogP contribution in [0.25, 0.3) is 11.3 Å². The number of anilines is 1. The Morgan fingerprint density at radius 1 is 0.821 bits per heavy atom. The molecule has 4 fully saturated rings. The second kappa shape index (κ2) is 23.3. The third-order valence-electron chi connectivity index (χ3n) is 14.8. The SMILES string of the molecule is CC(C)(C)C(NC(=O)C1CC1)C(=O)NN(Cc1c(F)cc(-c2ccn(C(F)F)n2)cc1F)C[C@H](O)[C@H](Cc1ccc(C#Cc2ccc(N3CC4CCC(C3)N4C3COC3)nc2)cc1)NC(=O)[C@@H](NC(=O)O)C(C)(C)C(F)(F)F. The Labute approximate surface area is 446 Å². The van der Waals surface area contributed by atoms with Crippen LogP contribution in [0.4, 0.5) is 41.3 Å². The Balaban J connectivity index is 1.05. The summed E-state index contributed by atoms with van der Waals surface area (Å²) in [6.45, 7) is 4.77. The van der Waals surface area contributed by atoms with Gasteiger partial charge in [-0.15, -0.1) is 0 Å². The standard InChI is InChI=1S/C54H63F7N10O7/c1-52(2,3)45(64-47(73)33-13-14-33)49(75)67-69(26-38-39(55)21-34(22-40(38)56)41-18-19-70(66-41)50(57)58)27-43(72)42(63-48(74)46(65-51(76)77)53(4,5)54(59,60)61)20-31-9-6-30(7-10-31)8-11-32-12-17-44(62-23-32)68-24-35-15-16-36(25-68)71(35)37-28-78-29-37/h6-7,9-10,12,17-19,21-23,33,35-37,42-43,45-46,50,65,72H,13-16,20,24-29H2,1-5H3,(H,63,74)(H,64,73)(H,67,75)(H,76,77)/t35?,36?,42-,43-,45?,46+/m0/s1. The van der Waals surface area contributed by atoms with E-state index in [1.54, 1.807) is 56.6 Å². The van der Waals surface area contributed by atoms with E-state index in [1.807, 2.05) is 12.1 Å². The predicted octanol–water partition coefficient (Wildman–Crippen LogP) is 6.16. The Morgan fingerprint density at radius 2 is 1.45 bits per heavy atom. The van der Waals surface area contributed by atoms with Gasteiger partial charge in [-0.3, -0.25) is 24.7 Å². The number of alkyl halides is 5. The van der Waals surface area contributed by atoms with Crippen LogP contribution in [0.1, 0.15) is 89.1 Å². The minimum Gasteiger partial charge on any atom is -0.465 e. The van der Waals surface area contributed by atoms with Crippen LogP contribution < -0.4 is 26.3 Å². The Morgan fingerprint density at radius 3 is 1.97 bits per heavy atom. The van der Waals surface area contributed by atoms with Crippen molar-refractivity contribution in [1.29, 1.82) is 0 Å². The van der Waals surface area contributed by atoms with Crippen molar-refractivity contribution in [2.24, 2.45) is 16.7 Å². The van der Waals surface area contributed by atoms with Crippen molar-refractivity contribution in [3.05, 3.63) is 101 Å². The molecule has 3 unspecified atom stereocenters. The zero-order chi connectivity index (χ0) is 56.4. The van der Waals surface area contributed by atoms with Gasteiger partial charge in [0.25, 0.3) is 5.91 Å². The maximum atomic E-state index is 16.1. The summed E-state index contributed by atoms with van der Waals surface area (Å²) in [7, 11) is 0. The van der Waals surface area contributed by atoms with E-state index < -0.39 is 102 Å². The third-order valence-corrected chi connectivity index (χ3v) is 14.8. The van der Waals surface area contributed by atoms with Crippen LogP contribution in [0.2, 0.25) is 0 Å². The van der Waals surface area contributed by atoms with Gasteiger partial charge >= 0.3 is 18.8 Å². The van der Waals surface area contributed by atoms with Crippen molar-refractivity contribution < 1.29 is 64.9 Å². The molecule has 4 aromatic rings. The molecule has 5 heterocycles. The van der Waals surface area contributed by atoms with Gasteiger partial charge in [-0.1, -0.05) is 44.7 Å². The second-order valence-electron chi connectivity index (χ2n) is 22.1. The average Bonchev–Trinajstić information content (AvgIpc) is 4.08. The summed E-state index contributed by atoms with van der Waals surface area (Å²) in [5.74, 6) is 1.43. The van der Waals surface area contributed by atoms with Crippen LogP contribution >= 0.6 is 0 Å². The number of ether oxygens (including phenoxy) is 1. The van der Waals surface area contributed by atoms with Gasteiger partial charge in [0.2, 0.25) is 11.8 Å². The van der Waals surface area contributed by atoms with E-state index in [2.05, 4.69) is 42.8 Å². The molecule has 2 aromatic heterocycles. The number of carbonyl (C=O) groups excluding carboxylic acids is 3. The smallest absolute Gasteiger partial charge is 0.405 e. The zero-order valence-electron chi connectivity index (χ0n) is 43.6. The fourth-order valence-electron chi connectivity index (χ4n) is 9.99. The fraction of sp³-hybridized carbons (Fsp3) is 0.519. The van der Waals surface area contributed by atoms with Crippen molar-refractivity contribution in [2.45, 2.75) is 128 Å². The number of aromatic nitrogens is 3. The summed E-state index contributed by atoms with van der Waals surface area (Å²) in [5, 5.41) is 33.0. The molecule has 2 bridgehead atoms. The second-order valence-corrected chi connectivity index (χ2v) is 22.1. The van der Waals surface area contributed by atoms with E-state index in [1.165, 1.54) is 0 Å². The molecule has 3 saturated heterocycles. The van der Waals surface area contributed by atoms with Crippen molar-refractivity contribution in [2.75, 3.05) is 37.7 Å². The van der Waals surface area contributed by atoms with Crippen molar-refractivity contribution in [1.82, 2.24) is 46.0 Å². The minimum atomic E-state index is -5.13. The first-order chi connectivity index (χ1) is 36.7. The molecule has 4 amide bonds. The van der Waals surface area contributed by atoms with E-state index >= 15 is 8.78 Å². The van der Waals surface area contributed by atoms with E-state index in [0.29, 0.717) is 61.5 Å². The highest BCUT2D eigenvalue weighted by Gasteiger charge is 2.56. The lowest BCUT2D eigenvalue weighted by Gasteiger charge is -2.47. The lowest BCUT2D eigenvalue weighted by molar-refractivity contribution is -0.220. The summed E-state index contributed by atoms with van der Waals surface area (Å²) < 4.78 is 108. The zero-order valence-corrected chi connectivity index (χ0v) is 43.6. The number of nitrogens with one attached hydrogen (secondary N) is 4. The largest absolute Gasteiger partial charge is 0.465 e. The number of nitrogens with zero attached hydrogens (tertiary/aromatic N) is 6. The first-order valence-electron chi connectivity index (χ1n) is 25.6. The first-order valence-corrected chi connectivity index (χ1v) is 25.6. The molecule has 8 rings (SSSR count). The summed E-state index contributed by atoms with van der Waals surface area (Å²) in [5.41, 5.74) is -1.00. The van der Waals surface area contributed by atoms with Crippen LogP contribution in [0.3, 0.4) is 0 Å². The van der Waals surface area contributed by atoms with E-state index in [9.17, 15) is 51.3 Å². The molecule has 17 nitrogen and oxygen atoms in total. The Hall–Kier alpha value is -6.81. The van der Waals surface area contributed by atoms with Gasteiger partial charge in [0.1, 0.15) is 29.5 Å². The molecule has 420 valence electrons. The fourth-order valence-corrected chi connectivity index (χ4v) is 9.99. The quantitative estimate of drug-likeness (QED) is 0.0355. The number of benzene rings is 2. The molecular weight excluding hydrogens is 1030 g/mol. The number of carboxylic acid groups (broad SMARTS) is 1. The maximum absolute atomic E-state index is 16.1. The summed E-state index contributed by atoms with van der Waals surface area (Å²) in [6, 6.07) is 9.04. The number of aliphatic hydroxyl groups excluding tert-OH is 1. The topological polar surface area (TPSA) is 207 Å². The molecule has 4 aliphatic rings. The number of piperazine rings is 1. The number of pyridine rings is 1. The highest BCUT2D eigenvalue weighted by Crippen LogP contribution is 2.41. The normalized spacial score (nSPS) is 19.6. The van der Waals surface area contributed by atoms with Crippen LogP contribution in [-0.4, -0.2) is 140 Å². The molecule has 0 radical (unpaired) electrons. The van der Waals surface area contributed by atoms with Gasteiger partial charge in [0.15, 0.2) is 0 Å². The highest BCUT2D eigenvalue weighted by atomic mass is 19.4. The van der Waals surface area contributed by atoms with Crippen LogP contribution in [0, 0.1) is 40.2 Å². The predicted molar refractivity (Wildman–Crippen MR) is 270 cm³/mol. The van der Waals surface area contributed by atoms with Gasteiger partial charge in [0, 0.05) is 78.8 Å². The van der Waals surface area contributed by atoms with E-state index in [0.717, 1.165) is 74.4 Å². The molecule has 24 heteroatoms. The third kappa shape index (κ3) is 13.5. The molecule has 1 aliphatic carbocycles. The summed E-state index contributed by atoms with van der Waals surface area (Å²) >= 11 is 0. The molecule has 78 heavy (non-hydrogen) atoms. The molecule has 1 saturated carbocycles. The van der Waals surface area contributed by atoms with E-state index in [-0.39, 0.29) is 28.3 Å². The molecular formula is C54H63F7N10O7. The maximum Gasteiger partial charge on any atom is 0.405 e. The number of hydrazine groups is 1. The molecule has 6 atom stereocenters. The van der Waals surface area contributed by atoms with Gasteiger partial charge in [-0.05, 0) is 99.4 Å². The van der Waals surface area contributed by atoms with Crippen molar-refractivity contribution >= 4 is 29.6 Å². The number of fused-ring (bicyclic) bond motifs is 2. The van der Waals surface area contributed by atoms with Gasteiger partial charge < -0.3 is 35.8 Å². The minimum absolute atomic E-state index is 0.197. The Bertz CT molecular complexity index is 2840. The number of rotatable bonds is 19. The molecule has 2 aromatic carbocycles. The number of halogens is 7. The van der Waals surface area contributed by atoms with Gasteiger partial charge in [-0.2, -0.15) is 27.1 Å². The number of hydrogen-bond donors (Lipinski definition) is 6. The summed E-state index contributed by atoms with van der Waals surface area (Å²) in [6.07, 6.45) is -3.29.